The second-order valence-corrected chi connectivity index (χ2v) is 5.88. The van der Waals surface area contributed by atoms with Gasteiger partial charge in [-0.05, 0) is 57.3 Å². The van der Waals surface area contributed by atoms with Crippen molar-refractivity contribution in [3.8, 4) is 0 Å². The number of nitrogens with one attached hydrogen (secondary N) is 1. The predicted molar refractivity (Wildman–Crippen MR) is 72.5 cm³/mol. The number of fused-ring (bicyclic) bond motifs is 1. The van der Waals surface area contributed by atoms with E-state index in [0.29, 0.717) is 12.1 Å². The fraction of sp³-hybridized carbons (Fsp3) is 0.733. The van der Waals surface area contributed by atoms with Crippen LogP contribution in [-0.4, -0.2) is 30.6 Å². The van der Waals surface area contributed by atoms with Crippen molar-refractivity contribution in [3.63, 3.8) is 0 Å². The fourth-order valence-electron chi connectivity index (χ4n) is 3.88. The molecule has 1 N–H and O–H groups in total. The summed E-state index contributed by atoms with van der Waals surface area (Å²) in [4.78, 5) is 2.66. The number of rotatable bonds is 3. The maximum atomic E-state index is 5.82. The van der Waals surface area contributed by atoms with Crippen LogP contribution in [0.5, 0.6) is 0 Å². The summed E-state index contributed by atoms with van der Waals surface area (Å²) in [5.41, 5.74) is 0. The number of furan rings is 1. The maximum Gasteiger partial charge on any atom is 0.121 e. The SMILES string of the molecule is CCC1C2CNCC2CN1C(C)c1ccc(C)o1. The first-order chi connectivity index (χ1) is 8.70. The molecule has 2 saturated heterocycles. The highest BCUT2D eigenvalue weighted by Gasteiger charge is 2.45. The molecular formula is C15H24N2O. The molecule has 0 amide bonds. The van der Waals surface area contributed by atoms with E-state index in [0.717, 1.165) is 23.4 Å². The summed E-state index contributed by atoms with van der Waals surface area (Å²) in [6.07, 6.45) is 1.24. The highest BCUT2D eigenvalue weighted by Crippen LogP contribution is 2.39. The monoisotopic (exact) mass is 248 g/mol. The Hall–Kier alpha value is -0.800. The Labute approximate surface area is 110 Å². The minimum absolute atomic E-state index is 0.411. The normalized spacial score (nSPS) is 33.8. The largest absolute Gasteiger partial charge is 0.465 e. The van der Waals surface area contributed by atoms with Crippen molar-refractivity contribution < 1.29 is 4.42 Å². The quantitative estimate of drug-likeness (QED) is 0.891. The second kappa shape index (κ2) is 4.71. The van der Waals surface area contributed by atoms with Crippen LogP contribution in [0.3, 0.4) is 0 Å². The Morgan fingerprint density at radius 2 is 2.28 bits per heavy atom. The number of hydrogen-bond donors (Lipinski definition) is 1. The molecule has 0 saturated carbocycles. The molecule has 0 bridgehead atoms. The van der Waals surface area contributed by atoms with Gasteiger partial charge in [0.05, 0.1) is 6.04 Å². The Morgan fingerprint density at radius 1 is 1.44 bits per heavy atom. The van der Waals surface area contributed by atoms with Gasteiger partial charge in [0, 0.05) is 12.6 Å². The molecule has 3 heterocycles. The first-order valence-corrected chi connectivity index (χ1v) is 7.23. The Morgan fingerprint density at radius 3 is 2.94 bits per heavy atom. The summed E-state index contributed by atoms with van der Waals surface area (Å²) in [6, 6.07) is 5.34. The smallest absolute Gasteiger partial charge is 0.121 e. The highest BCUT2D eigenvalue weighted by atomic mass is 16.3. The Kier molecular flexibility index (Phi) is 3.20. The Balaban J connectivity index is 1.79. The van der Waals surface area contributed by atoms with Gasteiger partial charge in [0.2, 0.25) is 0 Å². The summed E-state index contributed by atoms with van der Waals surface area (Å²) in [7, 11) is 0. The third-order valence-corrected chi connectivity index (χ3v) is 4.85. The van der Waals surface area contributed by atoms with E-state index in [2.05, 4.69) is 36.2 Å². The molecule has 18 heavy (non-hydrogen) atoms. The van der Waals surface area contributed by atoms with E-state index in [9.17, 15) is 0 Å². The van der Waals surface area contributed by atoms with Gasteiger partial charge in [0.1, 0.15) is 11.5 Å². The van der Waals surface area contributed by atoms with Gasteiger partial charge >= 0.3 is 0 Å². The van der Waals surface area contributed by atoms with Gasteiger partial charge in [-0.3, -0.25) is 4.90 Å². The maximum absolute atomic E-state index is 5.82. The third kappa shape index (κ3) is 1.90. The van der Waals surface area contributed by atoms with Crippen molar-refractivity contribution >= 4 is 0 Å². The first kappa shape index (κ1) is 12.2. The van der Waals surface area contributed by atoms with E-state index < -0.39 is 0 Å². The standard InChI is InChI=1S/C15H24N2O/c1-4-14-13-8-16-7-12(13)9-17(14)11(3)15-6-5-10(2)18-15/h5-6,11-14,16H,4,7-9H2,1-3H3. The van der Waals surface area contributed by atoms with Crippen LogP contribution < -0.4 is 5.32 Å². The van der Waals surface area contributed by atoms with Crippen molar-refractivity contribution in [2.75, 3.05) is 19.6 Å². The van der Waals surface area contributed by atoms with Crippen LogP contribution in [0.4, 0.5) is 0 Å². The molecule has 2 fully saturated rings. The third-order valence-electron chi connectivity index (χ3n) is 4.85. The number of likely N-dealkylation sites (tertiary alicyclic amines) is 1. The van der Waals surface area contributed by atoms with E-state index in [1.807, 2.05) is 6.92 Å². The average molecular weight is 248 g/mol. The van der Waals surface area contributed by atoms with Gasteiger partial charge in [0.15, 0.2) is 0 Å². The zero-order valence-corrected chi connectivity index (χ0v) is 11.6. The second-order valence-electron chi connectivity index (χ2n) is 5.88. The molecule has 3 rings (SSSR count). The van der Waals surface area contributed by atoms with E-state index in [1.54, 1.807) is 0 Å². The summed E-state index contributed by atoms with van der Waals surface area (Å²) >= 11 is 0. The molecule has 0 spiro atoms. The lowest BCUT2D eigenvalue weighted by Crippen LogP contribution is -2.36. The zero-order valence-electron chi connectivity index (χ0n) is 11.6. The number of nitrogens with zero attached hydrogens (tertiary/aromatic N) is 1. The van der Waals surface area contributed by atoms with Crippen molar-refractivity contribution in [1.82, 2.24) is 10.2 Å². The Bertz CT molecular complexity index is 414. The summed E-state index contributed by atoms with van der Waals surface area (Å²) < 4.78 is 5.82. The van der Waals surface area contributed by atoms with Gasteiger partial charge in [-0.25, -0.2) is 0 Å². The van der Waals surface area contributed by atoms with Crippen LogP contribution in [0.25, 0.3) is 0 Å². The van der Waals surface area contributed by atoms with Crippen LogP contribution in [0, 0.1) is 18.8 Å². The van der Waals surface area contributed by atoms with Gasteiger partial charge in [0.25, 0.3) is 0 Å². The van der Waals surface area contributed by atoms with Gasteiger partial charge in [-0.1, -0.05) is 6.92 Å². The van der Waals surface area contributed by atoms with Crippen LogP contribution >= 0.6 is 0 Å². The number of aryl methyl sites for hydroxylation is 1. The van der Waals surface area contributed by atoms with Gasteiger partial charge < -0.3 is 9.73 Å². The highest BCUT2D eigenvalue weighted by molar-refractivity contribution is 5.11. The molecule has 4 unspecified atom stereocenters. The lowest BCUT2D eigenvalue weighted by molar-refractivity contribution is 0.148. The molecule has 2 aliphatic rings. The molecule has 0 aromatic carbocycles. The zero-order chi connectivity index (χ0) is 12.7. The summed E-state index contributed by atoms with van der Waals surface area (Å²) in [5, 5.41) is 3.54. The lowest BCUT2D eigenvalue weighted by atomic mass is 9.92. The van der Waals surface area contributed by atoms with Crippen molar-refractivity contribution in [3.05, 3.63) is 23.7 Å². The summed E-state index contributed by atoms with van der Waals surface area (Å²) in [6.45, 7) is 10.2. The minimum atomic E-state index is 0.411. The molecule has 0 radical (unpaired) electrons. The molecule has 100 valence electrons. The van der Waals surface area contributed by atoms with Gasteiger partial charge in [-0.15, -0.1) is 0 Å². The van der Waals surface area contributed by atoms with E-state index >= 15 is 0 Å². The van der Waals surface area contributed by atoms with Crippen molar-refractivity contribution in [1.29, 1.82) is 0 Å². The van der Waals surface area contributed by atoms with Crippen LogP contribution in [0.1, 0.15) is 37.8 Å². The van der Waals surface area contributed by atoms with Gasteiger partial charge in [-0.2, -0.15) is 0 Å². The number of hydrogen-bond acceptors (Lipinski definition) is 3. The minimum Gasteiger partial charge on any atom is -0.465 e. The molecule has 3 nitrogen and oxygen atoms in total. The molecule has 4 atom stereocenters. The molecule has 1 aromatic heterocycles. The molecule has 3 heteroatoms. The van der Waals surface area contributed by atoms with Crippen LogP contribution in [-0.2, 0) is 0 Å². The van der Waals surface area contributed by atoms with E-state index in [1.165, 1.54) is 26.1 Å². The van der Waals surface area contributed by atoms with Crippen LogP contribution in [0.15, 0.2) is 16.5 Å². The van der Waals surface area contributed by atoms with Crippen molar-refractivity contribution in [2.24, 2.45) is 11.8 Å². The molecular weight excluding hydrogens is 224 g/mol. The molecule has 0 aliphatic carbocycles. The first-order valence-electron chi connectivity index (χ1n) is 7.23. The van der Waals surface area contributed by atoms with Crippen LogP contribution in [0.2, 0.25) is 0 Å². The fourth-order valence-corrected chi connectivity index (χ4v) is 3.88. The summed E-state index contributed by atoms with van der Waals surface area (Å²) in [5.74, 6) is 3.83. The predicted octanol–water partition coefficient (Wildman–Crippen LogP) is 2.58. The topological polar surface area (TPSA) is 28.4 Å². The van der Waals surface area contributed by atoms with E-state index in [4.69, 9.17) is 4.42 Å². The lowest BCUT2D eigenvalue weighted by Gasteiger charge is -2.31. The van der Waals surface area contributed by atoms with Crippen molar-refractivity contribution in [2.45, 2.75) is 39.3 Å². The average Bonchev–Trinajstić information content (AvgIpc) is 3.01. The molecule has 2 aliphatic heterocycles. The van der Waals surface area contributed by atoms with E-state index in [-0.39, 0.29) is 0 Å². The molecule has 1 aromatic rings.